The summed E-state index contributed by atoms with van der Waals surface area (Å²) in [5.41, 5.74) is 2.70. The molecule has 2 saturated heterocycles. The van der Waals surface area contributed by atoms with Gasteiger partial charge in [-0.1, -0.05) is 24.3 Å². The molecule has 2 heterocycles. The molecule has 0 aromatic heterocycles. The Morgan fingerprint density at radius 1 is 0.525 bits per heavy atom. The molecule has 0 amide bonds. The predicted molar refractivity (Wildman–Crippen MR) is 145 cm³/mol. The topological polar surface area (TPSA) is 96.1 Å². The highest BCUT2D eigenvalue weighted by molar-refractivity contribution is 5.92. The quantitative estimate of drug-likeness (QED) is 0.143. The fraction of sp³-hybridized carbons (Fsp3) is 0.188. The van der Waals surface area contributed by atoms with Crippen molar-refractivity contribution in [1.29, 1.82) is 0 Å². The molecule has 202 valence electrons. The maximum absolute atomic E-state index is 12.5. The molecule has 2 fully saturated rings. The van der Waals surface area contributed by atoms with Crippen LogP contribution in [0.1, 0.15) is 20.7 Å². The third-order valence-corrected chi connectivity index (χ3v) is 6.32. The van der Waals surface area contributed by atoms with E-state index in [2.05, 4.69) is 0 Å². The summed E-state index contributed by atoms with van der Waals surface area (Å²) in [6.07, 6.45) is 0.344. The first-order valence-corrected chi connectivity index (χ1v) is 12.9. The van der Waals surface area contributed by atoms with Crippen LogP contribution in [0.2, 0.25) is 0 Å². The van der Waals surface area contributed by atoms with Gasteiger partial charge in [-0.3, -0.25) is 0 Å². The molecule has 2 atom stereocenters. The molecule has 4 aromatic rings. The smallest absolute Gasteiger partial charge is 0.343 e. The molecule has 8 nitrogen and oxygen atoms in total. The van der Waals surface area contributed by atoms with E-state index in [9.17, 15) is 9.59 Å². The van der Waals surface area contributed by atoms with Gasteiger partial charge < -0.3 is 28.4 Å². The third-order valence-electron chi connectivity index (χ3n) is 6.32. The van der Waals surface area contributed by atoms with E-state index in [1.54, 1.807) is 72.8 Å². The van der Waals surface area contributed by atoms with Crippen molar-refractivity contribution in [2.75, 3.05) is 26.4 Å². The zero-order valence-corrected chi connectivity index (χ0v) is 21.5. The molecule has 2 aliphatic rings. The van der Waals surface area contributed by atoms with E-state index in [0.717, 1.165) is 24.3 Å². The Labute approximate surface area is 231 Å². The van der Waals surface area contributed by atoms with E-state index in [1.807, 2.05) is 24.3 Å². The second-order valence-electron chi connectivity index (χ2n) is 9.41. The minimum Gasteiger partial charge on any atom is -0.491 e. The van der Waals surface area contributed by atoms with Gasteiger partial charge in [-0.25, -0.2) is 9.59 Å². The van der Waals surface area contributed by atoms with Crippen LogP contribution in [-0.2, 0) is 9.47 Å². The van der Waals surface area contributed by atoms with E-state index in [4.69, 9.17) is 28.4 Å². The first-order chi connectivity index (χ1) is 19.6. The number of rotatable bonds is 11. The zero-order valence-electron chi connectivity index (χ0n) is 21.5. The van der Waals surface area contributed by atoms with Crippen molar-refractivity contribution in [3.8, 4) is 34.1 Å². The van der Waals surface area contributed by atoms with Gasteiger partial charge in [0.2, 0.25) is 0 Å². The summed E-state index contributed by atoms with van der Waals surface area (Å²) in [7, 11) is 0. The number of esters is 2. The van der Waals surface area contributed by atoms with E-state index in [0.29, 0.717) is 47.3 Å². The van der Waals surface area contributed by atoms with Gasteiger partial charge in [0.1, 0.15) is 48.4 Å². The highest BCUT2D eigenvalue weighted by Gasteiger charge is 2.23. The van der Waals surface area contributed by atoms with Crippen LogP contribution in [0.3, 0.4) is 0 Å². The lowest BCUT2D eigenvalue weighted by Gasteiger charge is -2.09. The molecule has 0 saturated carbocycles. The molecule has 2 unspecified atom stereocenters. The van der Waals surface area contributed by atoms with Crippen LogP contribution in [0.5, 0.6) is 23.0 Å². The monoisotopic (exact) mass is 538 g/mol. The van der Waals surface area contributed by atoms with Crippen molar-refractivity contribution in [1.82, 2.24) is 0 Å². The van der Waals surface area contributed by atoms with Crippen LogP contribution in [0, 0.1) is 0 Å². The van der Waals surface area contributed by atoms with Gasteiger partial charge in [-0.05, 0) is 83.9 Å². The maximum atomic E-state index is 12.5. The minimum absolute atomic E-state index is 0.172. The van der Waals surface area contributed by atoms with Crippen LogP contribution in [0.4, 0.5) is 0 Å². The number of hydrogen-bond acceptors (Lipinski definition) is 8. The second-order valence-corrected chi connectivity index (χ2v) is 9.41. The molecule has 0 bridgehead atoms. The van der Waals surface area contributed by atoms with E-state index in [-0.39, 0.29) is 12.2 Å². The molecule has 0 radical (unpaired) electrons. The summed E-state index contributed by atoms with van der Waals surface area (Å²) in [6, 6.07) is 28.0. The molecule has 0 spiro atoms. The highest BCUT2D eigenvalue weighted by atomic mass is 16.6. The number of benzene rings is 4. The number of hydrogen-bond donors (Lipinski definition) is 0. The van der Waals surface area contributed by atoms with Gasteiger partial charge in [-0.15, -0.1) is 0 Å². The van der Waals surface area contributed by atoms with Gasteiger partial charge in [-0.2, -0.15) is 0 Å². The van der Waals surface area contributed by atoms with E-state index < -0.39 is 11.9 Å². The lowest BCUT2D eigenvalue weighted by atomic mass is 10.1. The van der Waals surface area contributed by atoms with E-state index >= 15 is 0 Å². The normalized spacial score (nSPS) is 17.0. The average molecular weight is 539 g/mol. The minimum atomic E-state index is -0.453. The molecule has 0 N–H and O–H groups in total. The average Bonchev–Trinajstić information content (AvgIpc) is 3.92. The molecule has 2 aliphatic heterocycles. The summed E-state index contributed by atoms with van der Waals surface area (Å²) >= 11 is 0. The standard InChI is InChI=1S/C32H26O8/c33-31(23-5-9-25(10-6-23)35-17-29-19-37-29)39-27-13-1-21(2-14-27)22-3-15-28(16-4-22)40-32(34)24-7-11-26(12-8-24)36-18-30-20-38-30/h1-16,29-30H,17-20H2. The van der Waals surface area contributed by atoms with Crippen LogP contribution in [0.15, 0.2) is 97.1 Å². The summed E-state index contributed by atoms with van der Waals surface area (Å²) in [6.45, 7) is 2.47. The molecular formula is C32H26O8. The van der Waals surface area contributed by atoms with Gasteiger partial charge in [0, 0.05) is 0 Å². The zero-order chi connectivity index (χ0) is 27.3. The van der Waals surface area contributed by atoms with Crippen molar-refractivity contribution in [2.45, 2.75) is 12.2 Å². The molecule has 6 rings (SSSR count). The lowest BCUT2D eigenvalue weighted by molar-refractivity contribution is 0.0725. The number of epoxide rings is 2. The SMILES string of the molecule is O=C(Oc1ccc(-c2ccc(OC(=O)c3ccc(OCC4CO4)cc3)cc2)cc1)c1ccc(OCC2CO2)cc1. The highest BCUT2D eigenvalue weighted by Crippen LogP contribution is 2.26. The fourth-order valence-electron chi connectivity index (χ4n) is 3.84. The molecule has 40 heavy (non-hydrogen) atoms. The Morgan fingerprint density at radius 2 is 0.850 bits per heavy atom. The number of carbonyl (C=O) groups excluding carboxylic acids is 2. The van der Waals surface area contributed by atoms with Crippen LogP contribution < -0.4 is 18.9 Å². The molecule has 4 aromatic carbocycles. The summed E-state index contributed by atoms with van der Waals surface area (Å²) in [5.74, 6) is 1.32. The van der Waals surface area contributed by atoms with Crippen LogP contribution in [-0.4, -0.2) is 50.6 Å². The Bertz CT molecular complexity index is 1340. The van der Waals surface area contributed by atoms with Gasteiger partial charge in [0.15, 0.2) is 0 Å². The Balaban J connectivity index is 1.00. The Morgan fingerprint density at radius 3 is 1.18 bits per heavy atom. The Kier molecular flexibility index (Phi) is 7.43. The van der Waals surface area contributed by atoms with Crippen molar-refractivity contribution in [3.63, 3.8) is 0 Å². The first kappa shape index (κ1) is 25.6. The maximum Gasteiger partial charge on any atom is 0.343 e. The van der Waals surface area contributed by atoms with Crippen molar-refractivity contribution in [2.24, 2.45) is 0 Å². The first-order valence-electron chi connectivity index (χ1n) is 12.9. The van der Waals surface area contributed by atoms with Crippen LogP contribution in [0.25, 0.3) is 11.1 Å². The largest absolute Gasteiger partial charge is 0.491 e. The van der Waals surface area contributed by atoms with E-state index in [1.165, 1.54) is 0 Å². The second kappa shape index (κ2) is 11.6. The van der Waals surface area contributed by atoms with Crippen molar-refractivity contribution in [3.05, 3.63) is 108 Å². The van der Waals surface area contributed by atoms with Crippen molar-refractivity contribution >= 4 is 11.9 Å². The Hall–Kier alpha value is -4.66. The molecule has 0 aliphatic carbocycles. The molecular weight excluding hydrogens is 512 g/mol. The summed E-state index contributed by atoms with van der Waals surface area (Å²) in [4.78, 5) is 25.0. The third kappa shape index (κ3) is 6.85. The summed E-state index contributed by atoms with van der Waals surface area (Å²) in [5, 5.41) is 0. The number of ether oxygens (including phenoxy) is 6. The number of carbonyl (C=O) groups is 2. The van der Waals surface area contributed by atoms with Gasteiger partial charge >= 0.3 is 11.9 Å². The van der Waals surface area contributed by atoms with Gasteiger partial charge in [0.25, 0.3) is 0 Å². The predicted octanol–water partition coefficient (Wildman–Crippen LogP) is 5.35. The fourth-order valence-corrected chi connectivity index (χ4v) is 3.84. The summed E-state index contributed by atoms with van der Waals surface area (Å²) < 4.78 is 32.4. The van der Waals surface area contributed by atoms with Crippen LogP contribution >= 0.6 is 0 Å². The van der Waals surface area contributed by atoms with Crippen molar-refractivity contribution < 1.29 is 38.0 Å². The lowest BCUT2D eigenvalue weighted by Crippen LogP contribution is -2.09. The van der Waals surface area contributed by atoms with Gasteiger partial charge in [0.05, 0.1) is 24.3 Å². The molecule has 8 heteroatoms.